The molecule has 0 aliphatic heterocycles. The van der Waals surface area contributed by atoms with Crippen molar-refractivity contribution in [1.29, 1.82) is 0 Å². The smallest absolute Gasteiger partial charge is 0.273 e. The van der Waals surface area contributed by atoms with Gasteiger partial charge in [0.1, 0.15) is 5.75 Å². The van der Waals surface area contributed by atoms with E-state index in [4.69, 9.17) is 17.0 Å². The number of carbonyl (C=O) groups is 2. The number of benzene rings is 2. The van der Waals surface area contributed by atoms with Crippen LogP contribution in [-0.4, -0.2) is 23.5 Å². The highest BCUT2D eigenvalue weighted by Gasteiger charge is 2.12. The molecule has 2 rings (SSSR count). The summed E-state index contributed by atoms with van der Waals surface area (Å²) < 4.78 is 5.55. The Morgan fingerprint density at radius 2 is 1.74 bits per heavy atom. The Labute approximate surface area is 163 Å². The minimum Gasteiger partial charge on any atom is -0.493 e. The summed E-state index contributed by atoms with van der Waals surface area (Å²) in [6.45, 7) is 2.50. The fourth-order valence-electron chi connectivity index (χ4n) is 2.09. The number of hydrazine groups is 1. The van der Waals surface area contributed by atoms with Crippen molar-refractivity contribution in [2.75, 3.05) is 6.61 Å². The van der Waals surface area contributed by atoms with Crippen LogP contribution in [-0.2, 0) is 4.79 Å². The number of ether oxygens (including phenoxy) is 1. The minimum absolute atomic E-state index is 0.0157. The van der Waals surface area contributed by atoms with Crippen LogP contribution in [0.4, 0.5) is 0 Å². The van der Waals surface area contributed by atoms with Crippen LogP contribution in [0.3, 0.4) is 0 Å². The maximum Gasteiger partial charge on any atom is 0.273 e. The first-order valence-corrected chi connectivity index (χ1v) is 8.87. The van der Waals surface area contributed by atoms with Crippen molar-refractivity contribution in [2.24, 2.45) is 0 Å². The first-order chi connectivity index (χ1) is 13.1. The van der Waals surface area contributed by atoms with Crippen LogP contribution in [0.1, 0.15) is 29.3 Å². The fraction of sp³-hybridized carbons (Fsp3) is 0.150. The van der Waals surface area contributed by atoms with Crippen molar-refractivity contribution < 1.29 is 14.3 Å². The number of amides is 2. The summed E-state index contributed by atoms with van der Waals surface area (Å²) in [5.74, 6) is -0.338. The number of hydrogen-bond donors (Lipinski definition) is 3. The summed E-state index contributed by atoms with van der Waals surface area (Å²) in [4.78, 5) is 24.1. The van der Waals surface area contributed by atoms with E-state index in [9.17, 15) is 9.59 Å². The Morgan fingerprint density at radius 3 is 2.48 bits per heavy atom. The van der Waals surface area contributed by atoms with E-state index in [1.807, 2.05) is 37.3 Å². The zero-order valence-electron chi connectivity index (χ0n) is 14.9. The Morgan fingerprint density at radius 1 is 1.04 bits per heavy atom. The van der Waals surface area contributed by atoms with Gasteiger partial charge in [-0.05, 0) is 42.4 Å². The Bertz CT molecular complexity index is 822. The topological polar surface area (TPSA) is 79.5 Å². The van der Waals surface area contributed by atoms with Gasteiger partial charge in [0.15, 0.2) is 5.11 Å². The molecule has 0 atom stereocenters. The van der Waals surface area contributed by atoms with Crippen LogP contribution in [0.2, 0.25) is 0 Å². The highest BCUT2D eigenvalue weighted by molar-refractivity contribution is 7.80. The molecule has 7 heteroatoms. The van der Waals surface area contributed by atoms with Crippen molar-refractivity contribution in [1.82, 2.24) is 16.2 Å². The monoisotopic (exact) mass is 383 g/mol. The van der Waals surface area contributed by atoms with E-state index in [0.29, 0.717) is 17.9 Å². The molecule has 0 unspecified atom stereocenters. The summed E-state index contributed by atoms with van der Waals surface area (Å²) in [5, 5.41) is 2.44. The second-order valence-corrected chi connectivity index (χ2v) is 5.89. The van der Waals surface area contributed by atoms with Crippen molar-refractivity contribution in [3.05, 3.63) is 71.8 Å². The summed E-state index contributed by atoms with van der Waals surface area (Å²) >= 11 is 5.01. The normalized spacial score (nSPS) is 10.3. The number of carbonyl (C=O) groups excluding carboxylic acids is 2. The quantitative estimate of drug-likeness (QED) is 0.406. The van der Waals surface area contributed by atoms with Crippen molar-refractivity contribution in [3.63, 3.8) is 0 Å². The predicted octanol–water partition coefficient (Wildman–Crippen LogP) is 2.82. The van der Waals surface area contributed by atoms with Gasteiger partial charge in [0, 0.05) is 6.08 Å². The minimum atomic E-state index is -0.418. The van der Waals surface area contributed by atoms with E-state index < -0.39 is 11.8 Å². The first-order valence-electron chi connectivity index (χ1n) is 8.46. The summed E-state index contributed by atoms with van der Waals surface area (Å²) in [5.41, 5.74) is 6.21. The van der Waals surface area contributed by atoms with E-state index in [-0.39, 0.29) is 5.11 Å². The lowest BCUT2D eigenvalue weighted by Crippen LogP contribution is -2.48. The van der Waals surface area contributed by atoms with Gasteiger partial charge in [0.2, 0.25) is 5.91 Å². The molecule has 6 nitrogen and oxygen atoms in total. The maximum atomic E-state index is 12.3. The molecule has 140 valence electrons. The zero-order valence-corrected chi connectivity index (χ0v) is 15.7. The molecule has 2 aromatic carbocycles. The lowest BCUT2D eigenvalue weighted by Gasteiger charge is -2.12. The molecular formula is C20H21N3O3S. The van der Waals surface area contributed by atoms with Gasteiger partial charge in [0.25, 0.3) is 5.91 Å². The van der Waals surface area contributed by atoms with Gasteiger partial charge in [-0.25, -0.2) is 0 Å². The molecule has 0 saturated carbocycles. The molecule has 2 amide bonds. The van der Waals surface area contributed by atoms with Gasteiger partial charge in [0.05, 0.1) is 12.2 Å². The molecule has 0 radical (unpaired) electrons. The fourth-order valence-corrected chi connectivity index (χ4v) is 2.25. The second kappa shape index (κ2) is 10.7. The molecule has 0 aliphatic carbocycles. The third-order valence-corrected chi connectivity index (χ3v) is 3.55. The molecule has 27 heavy (non-hydrogen) atoms. The summed E-state index contributed by atoms with van der Waals surface area (Å²) in [7, 11) is 0. The van der Waals surface area contributed by atoms with E-state index in [1.165, 1.54) is 6.08 Å². The van der Waals surface area contributed by atoms with Crippen LogP contribution in [0.5, 0.6) is 5.75 Å². The van der Waals surface area contributed by atoms with Gasteiger partial charge in [-0.2, -0.15) is 0 Å². The lowest BCUT2D eigenvalue weighted by molar-refractivity contribution is -0.115. The molecule has 0 saturated heterocycles. The molecule has 0 fully saturated rings. The van der Waals surface area contributed by atoms with Crippen molar-refractivity contribution in [2.45, 2.75) is 13.3 Å². The molecule has 0 aromatic heterocycles. The number of rotatable bonds is 6. The standard InChI is InChI=1S/C20H21N3O3S/c1-2-14-26-17-11-7-6-10-16(17)19(25)22-23-20(27)21-18(24)13-12-15-8-4-3-5-9-15/h3-13H,2,14H2,1H3,(H,22,25)(H2,21,23,24,27)/b13-12+. The van der Waals surface area contributed by atoms with Gasteiger partial charge in [-0.15, -0.1) is 0 Å². The van der Waals surface area contributed by atoms with Gasteiger partial charge in [-0.1, -0.05) is 49.4 Å². The van der Waals surface area contributed by atoms with Crippen LogP contribution in [0.15, 0.2) is 60.7 Å². The Kier molecular flexibility index (Phi) is 7.99. The molecule has 0 bridgehead atoms. The van der Waals surface area contributed by atoms with Crippen molar-refractivity contribution >= 4 is 35.2 Å². The first kappa shape index (κ1) is 20.1. The van der Waals surface area contributed by atoms with Gasteiger partial charge >= 0.3 is 0 Å². The average molecular weight is 383 g/mol. The largest absolute Gasteiger partial charge is 0.493 e. The Balaban J connectivity index is 1.84. The molecule has 0 aliphatic rings. The van der Waals surface area contributed by atoms with E-state index in [0.717, 1.165) is 12.0 Å². The van der Waals surface area contributed by atoms with E-state index >= 15 is 0 Å². The third-order valence-electron chi connectivity index (χ3n) is 3.35. The SMILES string of the molecule is CCCOc1ccccc1C(=O)NNC(=S)NC(=O)/C=C/c1ccccc1. The lowest BCUT2D eigenvalue weighted by atomic mass is 10.2. The van der Waals surface area contributed by atoms with Crippen LogP contribution in [0, 0.1) is 0 Å². The summed E-state index contributed by atoms with van der Waals surface area (Å²) in [6.07, 6.45) is 3.86. The summed E-state index contributed by atoms with van der Waals surface area (Å²) in [6, 6.07) is 16.3. The second-order valence-electron chi connectivity index (χ2n) is 5.49. The van der Waals surface area contributed by atoms with Crippen LogP contribution >= 0.6 is 12.2 Å². The van der Waals surface area contributed by atoms with Crippen molar-refractivity contribution in [3.8, 4) is 5.75 Å². The average Bonchev–Trinajstić information content (AvgIpc) is 2.70. The predicted molar refractivity (Wildman–Crippen MR) is 109 cm³/mol. The highest BCUT2D eigenvalue weighted by Crippen LogP contribution is 2.17. The van der Waals surface area contributed by atoms with E-state index in [2.05, 4.69) is 16.2 Å². The van der Waals surface area contributed by atoms with Crippen LogP contribution in [0.25, 0.3) is 6.08 Å². The molecule has 0 spiro atoms. The van der Waals surface area contributed by atoms with E-state index in [1.54, 1.807) is 30.3 Å². The van der Waals surface area contributed by atoms with Gasteiger partial charge < -0.3 is 4.74 Å². The zero-order chi connectivity index (χ0) is 19.5. The van der Waals surface area contributed by atoms with Crippen LogP contribution < -0.4 is 20.9 Å². The molecular weight excluding hydrogens is 362 g/mol. The molecule has 2 aromatic rings. The highest BCUT2D eigenvalue weighted by atomic mass is 32.1. The molecule has 0 heterocycles. The number of nitrogens with one attached hydrogen (secondary N) is 3. The Hall–Kier alpha value is -3.19. The number of para-hydroxylation sites is 1. The molecule has 3 N–H and O–H groups in total. The number of thiocarbonyl (C=S) groups is 1. The third kappa shape index (κ3) is 6.91. The van der Waals surface area contributed by atoms with Gasteiger partial charge in [-0.3, -0.25) is 25.8 Å². The maximum absolute atomic E-state index is 12.3. The number of hydrogen-bond acceptors (Lipinski definition) is 4.